The van der Waals surface area contributed by atoms with Crippen molar-refractivity contribution in [2.45, 2.75) is 37.8 Å². The minimum atomic E-state index is -0.357. The van der Waals surface area contributed by atoms with E-state index in [1.165, 1.54) is 4.90 Å². The lowest BCUT2D eigenvalue weighted by Gasteiger charge is -2.19. The number of aliphatic imine (C=N–C) groups is 1. The summed E-state index contributed by atoms with van der Waals surface area (Å²) < 4.78 is 0. The first-order chi connectivity index (χ1) is 11.3. The number of amides is 1. The third kappa shape index (κ3) is 8.24. The van der Waals surface area contributed by atoms with Crippen molar-refractivity contribution >= 4 is 23.6 Å². The smallest absolute Gasteiger partial charge is 0.225 e. The lowest BCUT2D eigenvalue weighted by Crippen LogP contribution is -2.44. The van der Waals surface area contributed by atoms with Gasteiger partial charge in [0.1, 0.15) is 0 Å². The van der Waals surface area contributed by atoms with Crippen LogP contribution in [-0.4, -0.2) is 43.8 Å². The van der Waals surface area contributed by atoms with Crippen LogP contribution in [0.5, 0.6) is 0 Å². The third-order valence-corrected chi connectivity index (χ3v) is 4.36. The van der Waals surface area contributed by atoms with E-state index < -0.39 is 0 Å². The molecule has 0 bridgehead atoms. The van der Waals surface area contributed by atoms with E-state index in [1.807, 2.05) is 38.6 Å². The summed E-state index contributed by atoms with van der Waals surface area (Å²) >= 11 is 1.83. The van der Waals surface area contributed by atoms with Crippen molar-refractivity contribution in [2.75, 3.05) is 26.7 Å². The number of rotatable bonds is 7. The molecule has 0 saturated heterocycles. The van der Waals surface area contributed by atoms with Crippen LogP contribution in [-0.2, 0) is 4.79 Å². The van der Waals surface area contributed by atoms with Crippen LogP contribution in [0.3, 0.4) is 0 Å². The Kier molecular flexibility index (Phi) is 8.68. The van der Waals surface area contributed by atoms with Crippen molar-refractivity contribution < 1.29 is 4.79 Å². The average Bonchev–Trinajstić information content (AvgIpc) is 2.54. The normalized spacial score (nSPS) is 13.3. The molecule has 1 aromatic rings. The number of hydrogen-bond acceptors (Lipinski definition) is 3. The van der Waals surface area contributed by atoms with Crippen LogP contribution in [0.25, 0.3) is 0 Å². The predicted octanol–water partition coefficient (Wildman–Crippen LogP) is 2.49. The number of carbonyl (C=O) groups excluding carboxylic acids is 1. The number of carbonyl (C=O) groups is 1. The first-order valence-corrected chi connectivity index (χ1v) is 9.15. The second kappa shape index (κ2) is 10.2. The molecule has 1 aromatic carbocycles. The highest BCUT2D eigenvalue weighted by Gasteiger charge is 2.20. The number of nitrogens with one attached hydrogen (secondary N) is 3. The van der Waals surface area contributed by atoms with Crippen molar-refractivity contribution in [3.05, 3.63) is 30.3 Å². The summed E-state index contributed by atoms with van der Waals surface area (Å²) in [5.41, 5.74) is -0.357. The highest BCUT2D eigenvalue weighted by Crippen LogP contribution is 2.21. The first-order valence-electron chi connectivity index (χ1n) is 8.27. The Morgan fingerprint density at radius 2 is 1.75 bits per heavy atom. The molecule has 0 aliphatic rings. The Bertz CT molecular complexity index is 526. The van der Waals surface area contributed by atoms with Gasteiger partial charge in [-0.25, -0.2) is 0 Å². The topological polar surface area (TPSA) is 65.5 Å². The fourth-order valence-corrected chi connectivity index (χ4v) is 2.80. The van der Waals surface area contributed by atoms with Gasteiger partial charge in [0.15, 0.2) is 5.96 Å². The first kappa shape index (κ1) is 20.4. The molecule has 1 unspecified atom stereocenters. The molecule has 0 saturated carbocycles. The molecule has 0 heterocycles. The van der Waals surface area contributed by atoms with Crippen molar-refractivity contribution in [3.8, 4) is 0 Å². The summed E-state index contributed by atoms with van der Waals surface area (Å²) in [6.07, 6.45) is 0. The Labute approximate surface area is 150 Å². The Balaban J connectivity index is 2.24. The van der Waals surface area contributed by atoms with E-state index in [0.717, 1.165) is 12.5 Å². The highest BCUT2D eigenvalue weighted by molar-refractivity contribution is 8.00. The van der Waals surface area contributed by atoms with Gasteiger partial charge in [0.05, 0.1) is 0 Å². The standard InChI is InChI=1S/C18H30N4OS/c1-14(24-15-9-7-6-8-10-15)13-22-17(19-5)21-12-11-20-16(23)18(2,3)4/h6-10,14H,11-13H2,1-5H3,(H,20,23)(H2,19,21,22). The molecule has 1 rings (SSSR count). The van der Waals surface area contributed by atoms with Crippen molar-refractivity contribution in [1.29, 1.82) is 0 Å². The SMILES string of the molecule is CN=C(NCCNC(=O)C(C)(C)C)NCC(C)Sc1ccccc1. The largest absolute Gasteiger partial charge is 0.355 e. The molecular weight excluding hydrogens is 320 g/mol. The monoisotopic (exact) mass is 350 g/mol. The van der Waals surface area contributed by atoms with Crippen LogP contribution in [0.4, 0.5) is 0 Å². The molecule has 0 fully saturated rings. The van der Waals surface area contributed by atoms with Gasteiger partial charge >= 0.3 is 0 Å². The molecule has 0 radical (unpaired) electrons. The van der Waals surface area contributed by atoms with Crippen molar-refractivity contribution in [1.82, 2.24) is 16.0 Å². The zero-order valence-corrected chi connectivity index (χ0v) is 16.2. The third-order valence-electron chi connectivity index (χ3n) is 3.25. The molecule has 24 heavy (non-hydrogen) atoms. The van der Waals surface area contributed by atoms with Gasteiger partial charge in [-0.2, -0.15) is 0 Å². The summed E-state index contributed by atoms with van der Waals surface area (Å²) in [5.74, 6) is 0.806. The quantitative estimate of drug-likeness (QED) is 0.306. The molecule has 0 aromatic heterocycles. The molecular formula is C18H30N4OS. The Morgan fingerprint density at radius 3 is 2.33 bits per heavy atom. The second-order valence-electron chi connectivity index (χ2n) is 6.63. The number of guanidine groups is 1. The molecule has 3 N–H and O–H groups in total. The number of hydrogen-bond donors (Lipinski definition) is 3. The molecule has 5 nitrogen and oxygen atoms in total. The molecule has 0 spiro atoms. The molecule has 6 heteroatoms. The summed E-state index contributed by atoms with van der Waals surface area (Å²) in [4.78, 5) is 17.2. The van der Waals surface area contributed by atoms with E-state index in [-0.39, 0.29) is 11.3 Å². The van der Waals surface area contributed by atoms with Gasteiger partial charge in [-0.1, -0.05) is 45.9 Å². The van der Waals surface area contributed by atoms with Crippen LogP contribution in [0.15, 0.2) is 40.2 Å². The number of thioether (sulfide) groups is 1. The fraction of sp³-hybridized carbons (Fsp3) is 0.556. The fourth-order valence-electron chi connectivity index (χ4n) is 1.86. The second-order valence-corrected chi connectivity index (χ2v) is 8.14. The zero-order chi connectivity index (χ0) is 18.0. The Hall–Kier alpha value is -1.69. The number of benzene rings is 1. The van der Waals surface area contributed by atoms with Crippen molar-refractivity contribution in [2.24, 2.45) is 10.4 Å². The van der Waals surface area contributed by atoms with Crippen LogP contribution in [0.1, 0.15) is 27.7 Å². The molecule has 0 aliphatic heterocycles. The van der Waals surface area contributed by atoms with Crippen LogP contribution in [0.2, 0.25) is 0 Å². The van der Waals surface area contributed by atoms with Crippen LogP contribution >= 0.6 is 11.8 Å². The number of nitrogens with zero attached hydrogens (tertiary/aromatic N) is 1. The summed E-state index contributed by atoms with van der Waals surface area (Å²) in [5, 5.41) is 9.86. The molecule has 1 atom stereocenters. The van der Waals surface area contributed by atoms with E-state index in [4.69, 9.17) is 0 Å². The van der Waals surface area contributed by atoms with E-state index >= 15 is 0 Å². The van der Waals surface area contributed by atoms with E-state index in [1.54, 1.807) is 7.05 Å². The summed E-state index contributed by atoms with van der Waals surface area (Å²) in [6, 6.07) is 10.4. The van der Waals surface area contributed by atoms with Crippen LogP contribution in [0, 0.1) is 5.41 Å². The summed E-state index contributed by atoms with van der Waals surface area (Å²) in [6.45, 7) is 9.92. The lowest BCUT2D eigenvalue weighted by atomic mass is 9.96. The maximum absolute atomic E-state index is 11.8. The minimum Gasteiger partial charge on any atom is -0.355 e. The van der Waals surface area contributed by atoms with E-state index in [2.05, 4.69) is 52.1 Å². The van der Waals surface area contributed by atoms with Gasteiger partial charge in [-0.05, 0) is 12.1 Å². The van der Waals surface area contributed by atoms with E-state index in [9.17, 15) is 4.79 Å². The van der Waals surface area contributed by atoms with E-state index in [0.29, 0.717) is 18.3 Å². The average molecular weight is 351 g/mol. The van der Waals surface area contributed by atoms with Gasteiger partial charge in [0.25, 0.3) is 0 Å². The zero-order valence-electron chi connectivity index (χ0n) is 15.3. The predicted molar refractivity (Wildman–Crippen MR) is 104 cm³/mol. The maximum Gasteiger partial charge on any atom is 0.225 e. The molecule has 134 valence electrons. The minimum absolute atomic E-state index is 0.0557. The van der Waals surface area contributed by atoms with Crippen LogP contribution < -0.4 is 16.0 Å². The summed E-state index contributed by atoms with van der Waals surface area (Å²) in [7, 11) is 1.75. The maximum atomic E-state index is 11.8. The van der Waals surface area contributed by atoms with Gasteiger partial charge in [0.2, 0.25) is 5.91 Å². The molecule has 1 amide bonds. The van der Waals surface area contributed by atoms with Gasteiger partial charge in [-0.15, -0.1) is 11.8 Å². The van der Waals surface area contributed by atoms with Gasteiger partial charge in [0, 0.05) is 42.2 Å². The van der Waals surface area contributed by atoms with Crippen molar-refractivity contribution in [3.63, 3.8) is 0 Å². The highest BCUT2D eigenvalue weighted by atomic mass is 32.2. The lowest BCUT2D eigenvalue weighted by molar-refractivity contribution is -0.128. The van der Waals surface area contributed by atoms with Gasteiger partial charge in [-0.3, -0.25) is 9.79 Å². The Morgan fingerprint density at radius 1 is 1.12 bits per heavy atom. The van der Waals surface area contributed by atoms with Gasteiger partial charge < -0.3 is 16.0 Å². The molecule has 0 aliphatic carbocycles.